The average molecular weight is 469 g/mol. The number of nitrogens with one attached hydrogen (secondary N) is 1. The summed E-state index contributed by atoms with van der Waals surface area (Å²) >= 11 is 0. The van der Waals surface area contributed by atoms with Gasteiger partial charge in [-0.2, -0.15) is 4.31 Å². The number of carbonyl (C=O) groups is 1. The molecule has 0 fully saturated rings. The Hall–Kier alpha value is -3.69. The van der Waals surface area contributed by atoms with Gasteiger partial charge in [0, 0.05) is 30.9 Å². The molecule has 0 saturated heterocycles. The molecular weight excluding hydrogens is 447 g/mol. The SMILES string of the molecule is CN(Cc1ccc(OCC(=O)O)c(-c2ccc3cc[nH]c3c2)c1)S(=O)(=O)c1ccc(F)cc1. The molecular formula is C24H21FN2O5S. The zero-order valence-electron chi connectivity index (χ0n) is 17.7. The molecule has 0 spiro atoms. The number of halogens is 1. The predicted molar refractivity (Wildman–Crippen MR) is 122 cm³/mol. The van der Waals surface area contributed by atoms with Crippen molar-refractivity contribution in [2.24, 2.45) is 0 Å². The summed E-state index contributed by atoms with van der Waals surface area (Å²) in [5.74, 6) is -1.25. The highest BCUT2D eigenvalue weighted by atomic mass is 32.2. The van der Waals surface area contributed by atoms with E-state index in [1.807, 2.05) is 30.5 Å². The van der Waals surface area contributed by atoms with Crippen LogP contribution in [0.1, 0.15) is 5.56 Å². The van der Waals surface area contributed by atoms with Crippen LogP contribution in [0.4, 0.5) is 4.39 Å². The summed E-state index contributed by atoms with van der Waals surface area (Å²) < 4.78 is 45.6. The molecule has 2 N–H and O–H groups in total. The first-order valence-electron chi connectivity index (χ1n) is 10.0. The van der Waals surface area contributed by atoms with Gasteiger partial charge in [0.25, 0.3) is 0 Å². The molecule has 0 atom stereocenters. The maximum Gasteiger partial charge on any atom is 0.341 e. The molecule has 1 heterocycles. The predicted octanol–water partition coefficient (Wildman–Crippen LogP) is 4.26. The number of hydrogen-bond donors (Lipinski definition) is 2. The Bertz CT molecular complexity index is 1410. The number of aromatic nitrogens is 1. The third-order valence-corrected chi connectivity index (χ3v) is 7.01. The van der Waals surface area contributed by atoms with Crippen LogP contribution in [0.25, 0.3) is 22.0 Å². The molecule has 7 nitrogen and oxygen atoms in total. The Balaban J connectivity index is 1.68. The van der Waals surface area contributed by atoms with Gasteiger partial charge >= 0.3 is 5.97 Å². The Morgan fingerprint density at radius 3 is 2.55 bits per heavy atom. The van der Waals surface area contributed by atoms with Crippen molar-refractivity contribution in [1.82, 2.24) is 9.29 Å². The van der Waals surface area contributed by atoms with Gasteiger partial charge in [-0.1, -0.05) is 18.2 Å². The fourth-order valence-electron chi connectivity index (χ4n) is 3.51. The maximum absolute atomic E-state index is 13.2. The first-order valence-corrected chi connectivity index (χ1v) is 11.4. The molecule has 0 amide bonds. The number of nitrogens with zero attached hydrogens (tertiary/aromatic N) is 1. The van der Waals surface area contributed by atoms with E-state index in [4.69, 9.17) is 9.84 Å². The first-order chi connectivity index (χ1) is 15.7. The van der Waals surface area contributed by atoms with Gasteiger partial charge in [0.05, 0.1) is 4.90 Å². The van der Waals surface area contributed by atoms with E-state index in [1.54, 1.807) is 18.2 Å². The standard InChI is InChI=1S/C24H21FN2O5S/c1-27(33(30,31)20-7-5-19(25)6-8-20)14-16-2-9-23(32-15-24(28)29)21(12-16)18-4-3-17-10-11-26-22(17)13-18/h2-13,26H,14-15H2,1H3,(H,28,29). The molecule has 0 bridgehead atoms. The van der Waals surface area contributed by atoms with Crippen molar-refractivity contribution < 1.29 is 27.4 Å². The van der Waals surface area contributed by atoms with Crippen molar-refractivity contribution in [2.45, 2.75) is 11.4 Å². The van der Waals surface area contributed by atoms with Crippen molar-refractivity contribution >= 4 is 26.9 Å². The smallest absolute Gasteiger partial charge is 0.341 e. The number of hydrogen-bond acceptors (Lipinski definition) is 4. The molecule has 33 heavy (non-hydrogen) atoms. The van der Waals surface area contributed by atoms with E-state index in [9.17, 15) is 17.6 Å². The number of aromatic amines is 1. The van der Waals surface area contributed by atoms with Gasteiger partial charge in [-0.15, -0.1) is 0 Å². The van der Waals surface area contributed by atoms with Gasteiger partial charge < -0.3 is 14.8 Å². The van der Waals surface area contributed by atoms with Crippen molar-refractivity contribution in [1.29, 1.82) is 0 Å². The minimum Gasteiger partial charge on any atom is -0.481 e. The second-order valence-electron chi connectivity index (χ2n) is 7.51. The number of benzene rings is 3. The van der Waals surface area contributed by atoms with E-state index in [0.717, 1.165) is 28.6 Å². The monoisotopic (exact) mass is 468 g/mol. The molecule has 0 saturated carbocycles. The fraction of sp³-hybridized carbons (Fsp3) is 0.125. The normalized spacial score (nSPS) is 11.7. The van der Waals surface area contributed by atoms with Crippen LogP contribution in [0.3, 0.4) is 0 Å². The number of sulfonamides is 1. The third kappa shape index (κ3) is 4.89. The van der Waals surface area contributed by atoms with E-state index in [2.05, 4.69) is 4.98 Å². The van der Waals surface area contributed by atoms with Crippen LogP contribution in [0.5, 0.6) is 5.75 Å². The van der Waals surface area contributed by atoms with Crippen LogP contribution in [0, 0.1) is 5.82 Å². The maximum atomic E-state index is 13.2. The molecule has 0 aliphatic heterocycles. The summed E-state index contributed by atoms with van der Waals surface area (Å²) in [5.41, 5.74) is 3.00. The van der Waals surface area contributed by atoms with Gasteiger partial charge in [-0.3, -0.25) is 0 Å². The second-order valence-corrected chi connectivity index (χ2v) is 9.55. The van der Waals surface area contributed by atoms with E-state index in [-0.39, 0.29) is 11.4 Å². The molecule has 9 heteroatoms. The van der Waals surface area contributed by atoms with E-state index < -0.39 is 28.4 Å². The highest BCUT2D eigenvalue weighted by Crippen LogP contribution is 2.33. The van der Waals surface area contributed by atoms with Gasteiger partial charge in [0.15, 0.2) is 6.61 Å². The Kier molecular flexibility index (Phi) is 6.17. The van der Waals surface area contributed by atoms with Gasteiger partial charge in [0.1, 0.15) is 11.6 Å². The van der Waals surface area contributed by atoms with Crippen molar-refractivity contribution in [2.75, 3.05) is 13.7 Å². The van der Waals surface area contributed by atoms with Crippen molar-refractivity contribution in [3.8, 4) is 16.9 Å². The third-order valence-electron chi connectivity index (χ3n) is 5.19. The number of carboxylic acids is 1. The minimum absolute atomic E-state index is 0.00904. The minimum atomic E-state index is -3.83. The van der Waals surface area contributed by atoms with Crippen LogP contribution < -0.4 is 4.74 Å². The average Bonchev–Trinajstić information content (AvgIpc) is 3.26. The number of ether oxygens (including phenoxy) is 1. The molecule has 0 aliphatic carbocycles. The Morgan fingerprint density at radius 1 is 1.06 bits per heavy atom. The van der Waals surface area contributed by atoms with Crippen molar-refractivity contribution in [3.05, 3.63) is 84.3 Å². The topological polar surface area (TPSA) is 99.7 Å². The van der Waals surface area contributed by atoms with Crippen molar-refractivity contribution in [3.63, 3.8) is 0 Å². The molecule has 0 radical (unpaired) electrons. The molecule has 3 aromatic carbocycles. The lowest BCUT2D eigenvalue weighted by Gasteiger charge is -2.19. The summed E-state index contributed by atoms with van der Waals surface area (Å²) in [6, 6.07) is 17.4. The number of H-pyrrole nitrogens is 1. The molecule has 4 aromatic rings. The summed E-state index contributed by atoms with van der Waals surface area (Å²) in [6.07, 6.45) is 1.82. The summed E-state index contributed by atoms with van der Waals surface area (Å²) in [6.45, 7) is -0.452. The zero-order valence-corrected chi connectivity index (χ0v) is 18.5. The number of carboxylic acid groups (broad SMARTS) is 1. The lowest BCUT2D eigenvalue weighted by molar-refractivity contribution is -0.139. The lowest BCUT2D eigenvalue weighted by Crippen LogP contribution is -2.26. The molecule has 0 unspecified atom stereocenters. The lowest BCUT2D eigenvalue weighted by atomic mass is 10.0. The van der Waals surface area contributed by atoms with Crippen LogP contribution in [-0.2, 0) is 21.4 Å². The Morgan fingerprint density at radius 2 is 1.82 bits per heavy atom. The Labute approximate surface area is 190 Å². The van der Waals surface area contributed by atoms with Gasteiger partial charge in [0.2, 0.25) is 10.0 Å². The molecule has 170 valence electrons. The molecule has 0 aliphatic rings. The van der Waals surface area contributed by atoms with Gasteiger partial charge in [-0.25, -0.2) is 17.6 Å². The van der Waals surface area contributed by atoms with Crippen LogP contribution >= 0.6 is 0 Å². The second kappa shape index (κ2) is 9.05. The van der Waals surface area contributed by atoms with Crippen LogP contribution in [-0.4, -0.2) is 42.4 Å². The first kappa shape index (κ1) is 22.5. The van der Waals surface area contributed by atoms with Crippen LogP contribution in [0.15, 0.2) is 77.8 Å². The van der Waals surface area contributed by atoms with E-state index in [0.29, 0.717) is 16.9 Å². The van der Waals surface area contributed by atoms with Crippen LogP contribution in [0.2, 0.25) is 0 Å². The fourth-order valence-corrected chi connectivity index (χ4v) is 4.67. The highest BCUT2D eigenvalue weighted by molar-refractivity contribution is 7.89. The highest BCUT2D eigenvalue weighted by Gasteiger charge is 2.21. The zero-order chi connectivity index (χ0) is 23.6. The van der Waals surface area contributed by atoms with E-state index >= 15 is 0 Å². The summed E-state index contributed by atoms with van der Waals surface area (Å²) in [5, 5.41) is 10.0. The molecule has 4 rings (SSSR count). The largest absolute Gasteiger partial charge is 0.481 e. The van der Waals surface area contributed by atoms with Gasteiger partial charge in [-0.05, 0) is 65.0 Å². The summed E-state index contributed by atoms with van der Waals surface area (Å²) in [7, 11) is -2.39. The molecule has 1 aromatic heterocycles. The van der Waals surface area contributed by atoms with E-state index in [1.165, 1.54) is 23.5 Å². The number of rotatable bonds is 8. The number of aliphatic carboxylic acids is 1. The quantitative estimate of drug-likeness (QED) is 0.403. The summed E-state index contributed by atoms with van der Waals surface area (Å²) in [4.78, 5) is 14.1. The number of fused-ring (bicyclic) bond motifs is 1.